The monoisotopic (exact) mass is 1190 g/mol. The number of carbonyl (C=O) groups is 3. The Bertz CT molecular complexity index is 1340. The van der Waals surface area contributed by atoms with Crippen molar-refractivity contribution in [3.8, 4) is 0 Å². The number of unbranched alkanes of at least 4 members (excludes halogenated alkanes) is 57. The zero-order chi connectivity index (χ0) is 61.2. The van der Waals surface area contributed by atoms with Crippen LogP contribution in [0.2, 0.25) is 0 Å². The number of hydrogen-bond donors (Lipinski definition) is 0. The Morgan fingerprint density at radius 2 is 0.536 bits per heavy atom. The summed E-state index contributed by atoms with van der Waals surface area (Å²) in [6.45, 7) is 4.84. The summed E-state index contributed by atoms with van der Waals surface area (Å²) < 4.78 is 22.8. The zero-order valence-electron chi connectivity index (χ0n) is 57.3. The van der Waals surface area contributed by atoms with Crippen molar-refractivity contribution in [2.24, 2.45) is 0 Å². The van der Waals surface area contributed by atoms with E-state index in [1.807, 2.05) is 21.1 Å². The second kappa shape index (κ2) is 67.2. The maximum absolute atomic E-state index is 12.9. The van der Waals surface area contributed by atoms with Crippen LogP contribution >= 0.6 is 0 Å². The van der Waals surface area contributed by atoms with Crippen molar-refractivity contribution in [2.45, 2.75) is 418 Å². The summed E-state index contributed by atoms with van der Waals surface area (Å²) in [5.41, 5.74) is 0. The first kappa shape index (κ1) is 82.3. The van der Waals surface area contributed by atoms with E-state index < -0.39 is 24.3 Å². The SMILES string of the molecule is CCCCCCCCCCCCCCCCCCCCCCCCCCCCCCCCCCCCCCCCCCCC(=O)OC(COC(=O)CCCCCCCCCCCCCCCCCCCC)COC(OCC[N+](C)(C)C)C(=O)[O-]. The Labute approximate surface area is 523 Å². The highest BCUT2D eigenvalue weighted by molar-refractivity contribution is 5.70. The largest absolute Gasteiger partial charge is 0.545 e. The Balaban J connectivity index is 3.87. The molecule has 0 N–H and O–H groups in total. The second-order valence-corrected chi connectivity index (χ2v) is 27.3. The van der Waals surface area contributed by atoms with Crippen molar-refractivity contribution in [1.29, 1.82) is 0 Å². The molecule has 0 aromatic rings. The summed E-state index contributed by atoms with van der Waals surface area (Å²) in [5.74, 6) is -2.24. The van der Waals surface area contributed by atoms with Gasteiger partial charge in [-0.2, -0.15) is 0 Å². The molecule has 0 aliphatic carbocycles. The van der Waals surface area contributed by atoms with Gasteiger partial charge in [-0.05, 0) is 12.8 Å². The average molecular weight is 1190 g/mol. The molecule has 9 nitrogen and oxygen atoms in total. The number of nitrogens with zero attached hydrogens (tertiary/aromatic N) is 1. The van der Waals surface area contributed by atoms with Crippen LogP contribution in [-0.4, -0.2) is 82.3 Å². The number of likely N-dealkylation sites (N-methyl/N-ethyl adjacent to an activating group) is 1. The van der Waals surface area contributed by atoms with E-state index in [0.29, 0.717) is 17.4 Å². The number of hydrogen-bond acceptors (Lipinski definition) is 8. The maximum Gasteiger partial charge on any atom is 0.306 e. The Morgan fingerprint density at radius 3 is 0.762 bits per heavy atom. The van der Waals surface area contributed by atoms with Gasteiger partial charge in [-0.15, -0.1) is 0 Å². The third kappa shape index (κ3) is 67.8. The predicted octanol–water partition coefficient (Wildman–Crippen LogP) is 22.1. The number of aliphatic carboxylic acids is 1. The molecule has 9 heteroatoms. The highest BCUT2D eigenvalue weighted by Crippen LogP contribution is 2.20. The molecule has 0 saturated carbocycles. The molecule has 2 atom stereocenters. The minimum absolute atomic E-state index is 0.154. The molecule has 0 radical (unpaired) electrons. The summed E-state index contributed by atoms with van der Waals surface area (Å²) in [6.07, 6.45) is 78.0. The molecule has 0 bridgehead atoms. The van der Waals surface area contributed by atoms with E-state index in [-0.39, 0.29) is 32.2 Å². The molecule has 0 aromatic heterocycles. The van der Waals surface area contributed by atoms with Gasteiger partial charge in [0.2, 0.25) is 0 Å². The standard InChI is InChI=1S/C75H147NO8/c1-6-8-10-12-14-16-18-20-22-24-26-27-28-29-30-31-32-33-34-35-36-37-38-39-40-41-42-43-44-45-46-47-48-50-52-54-56-58-60-62-64-66-73(78)84-71(70-83-75(74(79)80)81-68-67-76(3,4)5)69-82-72(77)65-63-61-59-57-55-53-51-49-25-23-21-19-17-15-13-11-9-7-2/h71,75H,6-70H2,1-5H3. The van der Waals surface area contributed by atoms with Gasteiger partial charge in [0.25, 0.3) is 0 Å². The lowest BCUT2D eigenvalue weighted by Crippen LogP contribution is -2.44. The van der Waals surface area contributed by atoms with Gasteiger partial charge in [0, 0.05) is 12.8 Å². The molecule has 500 valence electrons. The molecule has 0 fully saturated rings. The van der Waals surface area contributed by atoms with E-state index in [0.717, 1.165) is 38.5 Å². The third-order valence-corrected chi connectivity index (χ3v) is 17.6. The van der Waals surface area contributed by atoms with Crippen molar-refractivity contribution in [3.05, 3.63) is 0 Å². The molecule has 0 rings (SSSR count). The molecular weight excluding hydrogens is 1040 g/mol. The van der Waals surface area contributed by atoms with Gasteiger partial charge in [0.1, 0.15) is 13.2 Å². The summed E-state index contributed by atoms with van der Waals surface area (Å²) in [4.78, 5) is 37.4. The van der Waals surface area contributed by atoms with Crippen LogP contribution in [0.25, 0.3) is 0 Å². The quantitative estimate of drug-likeness (QED) is 0.0256. The molecule has 84 heavy (non-hydrogen) atoms. The van der Waals surface area contributed by atoms with E-state index in [9.17, 15) is 19.5 Å². The average Bonchev–Trinajstić information content (AvgIpc) is 3.52. The minimum atomic E-state index is -1.62. The van der Waals surface area contributed by atoms with E-state index in [1.165, 1.54) is 340 Å². The normalized spacial score (nSPS) is 12.5. The number of carboxylic acid groups (broad SMARTS) is 1. The van der Waals surface area contributed by atoms with E-state index in [1.54, 1.807) is 0 Å². The highest BCUT2D eigenvalue weighted by Gasteiger charge is 2.22. The van der Waals surface area contributed by atoms with Crippen LogP contribution in [0.15, 0.2) is 0 Å². The van der Waals surface area contributed by atoms with Crippen molar-refractivity contribution in [3.63, 3.8) is 0 Å². The fourth-order valence-corrected chi connectivity index (χ4v) is 11.8. The van der Waals surface area contributed by atoms with Gasteiger partial charge in [-0.25, -0.2) is 0 Å². The molecule has 2 unspecified atom stereocenters. The molecule has 0 aliphatic heterocycles. The van der Waals surface area contributed by atoms with Crippen LogP contribution in [0.1, 0.15) is 406 Å². The Hall–Kier alpha value is -1.71. The van der Waals surface area contributed by atoms with Gasteiger partial charge in [0.15, 0.2) is 12.4 Å². The molecule has 0 spiro atoms. The van der Waals surface area contributed by atoms with E-state index >= 15 is 0 Å². The summed E-state index contributed by atoms with van der Waals surface area (Å²) in [6, 6.07) is 0. The number of carbonyl (C=O) groups excluding carboxylic acids is 3. The number of carboxylic acids is 1. The molecule has 0 heterocycles. The summed E-state index contributed by atoms with van der Waals surface area (Å²) in [7, 11) is 5.95. The Morgan fingerprint density at radius 1 is 0.310 bits per heavy atom. The van der Waals surface area contributed by atoms with Gasteiger partial charge < -0.3 is 33.3 Å². The number of quaternary nitrogens is 1. The fraction of sp³-hybridized carbons (Fsp3) is 0.960. The van der Waals surface area contributed by atoms with Gasteiger partial charge >= 0.3 is 11.9 Å². The van der Waals surface area contributed by atoms with Crippen molar-refractivity contribution < 1.29 is 42.9 Å². The van der Waals surface area contributed by atoms with Crippen molar-refractivity contribution in [2.75, 3.05) is 47.5 Å². The van der Waals surface area contributed by atoms with Crippen molar-refractivity contribution in [1.82, 2.24) is 0 Å². The van der Waals surface area contributed by atoms with Gasteiger partial charge in [-0.1, -0.05) is 380 Å². The molecule has 0 aromatic carbocycles. The van der Waals surface area contributed by atoms with Gasteiger partial charge in [-0.3, -0.25) is 9.59 Å². The molecular formula is C75H147NO8. The van der Waals surface area contributed by atoms with Crippen LogP contribution in [0.5, 0.6) is 0 Å². The smallest absolute Gasteiger partial charge is 0.306 e. The number of rotatable bonds is 72. The third-order valence-electron chi connectivity index (χ3n) is 17.6. The van der Waals surface area contributed by atoms with Crippen LogP contribution in [-0.2, 0) is 33.3 Å². The second-order valence-electron chi connectivity index (χ2n) is 27.3. The minimum Gasteiger partial charge on any atom is -0.545 e. The van der Waals surface area contributed by atoms with E-state index in [2.05, 4.69) is 13.8 Å². The number of ether oxygens (including phenoxy) is 4. The van der Waals surface area contributed by atoms with E-state index in [4.69, 9.17) is 18.9 Å². The van der Waals surface area contributed by atoms with Crippen LogP contribution in [0, 0.1) is 0 Å². The van der Waals surface area contributed by atoms with Crippen molar-refractivity contribution >= 4 is 17.9 Å². The lowest BCUT2D eigenvalue weighted by molar-refractivity contribution is -0.870. The first-order valence-electron chi connectivity index (χ1n) is 37.7. The lowest BCUT2D eigenvalue weighted by atomic mass is 10.0. The highest BCUT2D eigenvalue weighted by atomic mass is 16.7. The van der Waals surface area contributed by atoms with Crippen LogP contribution < -0.4 is 5.11 Å². The predicted molar refractivity (Wildman–Crippen MR) is 357 cm³/mol. The lowest BCUT2D eigenvalue weighted by Gasteiger charge is -2.26. The van der Waals surface area contributed by atoms with Crippen LogP contribution in [0.3, 0.4) is 0 Å². The van der Waals surface area contributed by atoms with Crippen LogP contribution in [0.4, 0.5) is 0 Å². The maximum atomic E-state index is 12.9. The Kier molecular flexibility index (Phi) is 65.9. The first-order chi connectivity index (χ1) is 41.1. The molecule has 0 saturated heterocycles. The summed E-state index contributed by atoms with van der Waals surface area (Å²) >= 11 is 0. The topological polar surface area (TPSA) is 111 Å². The number of esters is 2. The first-order valence-corrected chi connectivity index (χ1v) is 37.7. The fourth-order valence-electron chi connectivity index (χ4n) is 11.8. The molecule has 0 amide bonds. The summed E-state index contributed by atoms with van der Waals surface area (Å²) in [5, 5.41) is 11.8. The van der Waals surface area contributed by atoms with Gasteiger partial charge in [0.05, 0.1) is 40.3 Å². The zero-order valence-corrected chi connectivity index (χ0v) is 57.3. The molecule has 0 aliphatic rings.